The van der Waals surface area contributed by atoms with Gasteiger partial charge in [0.1, 0.15) is 5.54 Å². The largest absolute Gasteiger partial charge is 0.353 e. The van der Waals surface area contributed by atoms with Crippen LogP contribution in [-0.2, 0) is 9.59 Å². The van der Waals surface area contributed by atoms with Crippen molar-refractivity contribution in [3.8, 4) is 0 Å². The van der Waals surface area contributed by atoms with Crippen LogP contribution in [0.4, 0.5) is 0 Å². The van der Waals surface area contributed by atoms with E-state index in [-0.39, 0.29) is 11.8 Å². The third kappa shape index (κ3) is 1.93. The van der Waals surface area contributed by atoms with Gasteiger partial charge in [-0.3, -0.25) is 19.9 Å². The molecule has 0 bridgehead atoms. The second-order valence-electron chi connectivity index (χ2n) is 3.73. The summed E-state index contributed by atoms with van der Waals surface area (Å²) in [7, 11) is 3.19. The Bertz CT molecular complexity index is 326. The second kappa shape index (κ2) is 3.88. The minimum Gasteiger partial charge on any atom is -0.353 e. The van der Waals surface area contributed by atoms with E-state index in [1.807, 2.05) is 0 Å². The Morgan fingerprint density at radius 2 is 2.20 bits per heavy atom. The highest BCUT2D eigenvalue weighted by atomic mass is 16.2. The van der Waals surface area contributed by atoms with Crippen molar-refractivity contribution in [3.05, 3.63) is 0 Å². The van der Waals surface area contributed by atoms with E-state index in [1.54, 1.807) is 21.0 Å². The van der Waals surface area contributed by atoms with Gasteiger partial charge in [-0.25, -0.2) is 0 Å². The summed E-state index contributed by atoms with van der Waals surface area (Å²) in [6.45, 7) is 3.51. The van der Waals surface area contributed by atoms with E-state index in [0.29, 0.717) is 12.5 Å². The van der Waals surface area contributed by atoms with Crippen molar-refractivity contribution >= 4 is 17.8 Å². The number of aliphatic imine (C=N–C) groups is 1. The number of hydrogen-bond acceptors (Lipinski definition) is 3. The van der Waals surface area contributed by atoms with Crippen LogP contribution in [0.3, 0.4) is 0 Å². The van der Waals surface area contributed by atoms with Crippen molar-refractivity contribution in [3.63, 3.8) is 0 Å². The molecule has 1 saturated heterocycles. The molecule has 1 heterocycles. The zero-order valence-electron chi connectivity index (χ0n) is 9.42. The SMILES string of the molecule is CN=C1NC[C@](C)(N(C)C(C)=O)C(=O)N1. The minimum atomic E-state index is -0.861. The molecule has 1 aliphatic heterocycles. The van der Waals surface area contributed by atoms with Gasteiger partial charge in [-0.15, -0.1) is 0 Å². The normalized spacial score (nSPS) is 28.3. The first-order valence-corrected chi connectivity index (χ1v) is 4.68. The average Bonchev–Trinajstić information content (AvgIpc) is 2.21. The van der Waals surface area contributed by atoms with Crippen molar-refractivity contribution < 1.29 is 9.59 Å². The lowest BCUT2D eigenvalue weighted by atomic mass is 9.97. The molecule has 0 aromatic rings. The molecule has 1 aliphatic rings. The molecule has 2 N–H and O–H groups in total. The van der Waals surface area contributed by atoms with Crippen LogP contribution >= 0.6 is 0 Å². The highest BCUT2D eigenvalue weighted by Crippen LogP contribution is 2.15. The molecule has 0 aromatic carbocycles. The van der Waals surface area contributed by atoms with Crippen LogP contribution in [0.1, 0.15) is 13.8 Å². The summed E-state index contributed by atoms with van der Waals surface area (Å²) in [5.41, 5.74) is -0.861. The van der Waals surface area contributed by atoms with Gasteiger partial charge in [0.2, 0.25) is 5.91 Å². The number of rotatable bonds is 1. The first-order valence-electron chi connectivity index (χ1n) is 4.68. The van der Waals surface area contributed by atoms with E-state index in [2.05, 4.69) is 15.6 Å². The van der Waals surface area contributed by atoms with Crippen molar-refractivity contribution in [2.75, 3.05) is 20.6 Å². The zero-order chi connectivity index (χ0) is 11.6. The van der Waals surface area contributed by atoms with Gasteiger partial charge in [-0.2, -0.15) is 0 Å². The average molecular weight is 212 g/mol. The Morgan fingerprint density at radius 3 is 2.60 bits per heavy atom. The standard InChI is InChI=1S/C9H16N4O2/c1-6(14)13(4)9(2)5-11-8(10-3)12-7(9)15/h5H2,1-4H3,(H2,10,11,12,15)/t9-/m0/s1. The number of amides is 2. The van der Waals surface area contributed by atoms with E-state index >= 15 is 0 Å². The molecule has 0 aliphatic carbocycles. The summed E-state index contributed by atoms with van der Waals surface area (Å²) in [5.74, 6) is 0.0697. The molecule has 6 nitrogen and oxygen atoms in total. The predicted molar refractivity (Wildman–Crippen MR) is 56.4 cm³/mol. The Balaban J connectivity index is 2.88. The Kier molecular flexibility index (Phi) is 2.97. The predicted octanol–water partition coefficient (Wildman–Crippen LogP) is -1.07. The van der Waals surface area contributed by atoms with Gasteiger partial charge in [0.15, 0.2) is 5.96 Å². The fourth-order valence-corrected chi connectivity index (χ4v) is 1.38. The van der Waals surface area contributed by atoms with Crippen molar-refractivity contribution in [2.45, 2.75) is 19.4 Å². The number of nitrogens with zero attached hydrogens (tertiary/aromatic N) is 2. The number of likely N-dealkylation sites (N-methyl/N-ethyl adjacent to an activating group) is 1. The van der Waals surface area contributed by atoms with Crippen LogP contribution in [0.5, 0.6) is 0 Å². The maximum absolute atomic E-state index is 11.8. The first kappa shape index (κ1) is 11.5. The summed E-state index contributed by atoms with van der Waals surface area (Å²) in [6.07, 6.45) is 0. The number of hydrogen-bond donors (Lipinski definition) is 2. The summed E-state index contributed by atoms with van der Waals surface area (Å²) in [6, 6.07) is 0. The van der Waals surface area contributed by atoms with Crippen molar-refractivity contribution in [1.82, 2.24) is 15.5 Å². The molecule has 1 rings (SSSR count). The van der Waals surface area contributed by atoms with E-state index < -0.39 is 5.54 Å². The number of carbonyl (C=O) groups is 2. The topological polar surface area (TPSA) is 73.8 Å². The molecule has 1 fully saturated rings. The summed E-state index contributed by atoms with van der Waals surface area (Å²) in [5, 5.41) is 5.55. The van der Waals surface area contributed by atoms with Crippen LogP contribution in [0, 0.1) is 0 Å². The van der Waals surface area contributed by atoms with Crippen molar-refractivity contribution in [2.24, 2.45) is 4.99 Å². The van der Waals surface area contributed by atoms with Gasteiger partial charge in [0.05, 0.1) is 0 Å². The molecule has 2 amide bonds. The second-order valence-corrected chi connectivity index (χ2v) is 3.73. The molecule has 6 heteroatoms. The highest BCUT2D eigenvalue weighted by molar-refractivity contribution is 6.05. The molecule has 0 aromatic heterocycles. The third-order valence-electron chi connectivity index (χ3n) is 2.76. The van der Waals surface area contributed by atoms with Crippen molar-refractivity contribution in [1.29, 1.82) is 0 Å². The van der Waals surface area contributed by atoms with Crippen LogP contribution in [0.25, 0.3) is 0 Å². The summed E-state index contributed by atoms with van der Waals surface area (Å²) < 4.78 is 0. The summed E-state index contributed by atoms with van der Waals surface area (Å²) in [4.78, 5) is 28.3. The lowest BCUT2D eigenvalue weighted by molar-refractivity contribution is -0.143. The molecular formula is C9H16N4O2. The Morgan fingerprint density at radius 1 is 1.60 bits per heavy atom. The lowest BCUT2D eigenvalue weighted by Gasteiger charge is -2.40. The molecule has 0 unspecified atom stereocenters. The van der Waals surface area contributed by atoms with Gasteiger partial charge < -0.3 is 10.2 Å². The highest BCUT2D eigenvalue weighted by Gasteiger charge is 2.42. The summed E-state index contributed by atoms with van der Waals surface area (Å²) >= 11 is 0. The fraction of sp³-hybridized carbons (Fsp3) is 0.667. The van der Waals surface area contributed by atoms with Gasteiger partial charge >= 0.3 is 0 Å². The smallest absolute Gasteiger partial charge is 0.254 e. The fourth-order valence-electron chi connectivity index (χ4n) is 1.38. The van der Waals surface area contributed by atoms with Crippen LogP contribution in [-0.4, -0.2) is 48.9 Å². The van der Waals surface area contributed by atoms with Gasteiger partial charge in [0, 0.05) is 27.6 Å². The van der Waals surface area contributed by atoms with Crippen LogP contribution < -0.4 is 10.6 Å². The molecule has 0 saturated carbocycles. The van der Waals surface area contributed by atoms with E-state index in [1.165, 1.54) is 11.8 Å². The maximum atomic E-state index is 11.8. The third-order valence-corrected chi connectivity index (χ3v) is 2.76. The number of guanidine groups is 1. The van der Waals surface area contributed by atoms with E-state index in [4.69, 9.17) is 0 Å². The lowest BCUT2D eigenvalue weighted by Crippen LogP contribution is -2.68. The molecule has 0 spiro atoms. The van der Waals surface area contributed by atoms with Crippen LogP contribution in [0.15, 0.2) is 4.99 Å². The van der Waals surface area contributed by atoms with Gasteiger partial charge in [-0.05, 0) is 6.92 Å². The molecular weight excluding hydrogens is 196 g/mol. The molecule has 0 radical (unpaired) electrons. The minimum absolute atomic E-state index is 0.147. The Hall–Kier alpha value is -1.59. The van der Waals surface area contributed by atoms with Crippen LogP contribution in [0.2, 0.25) is 0 Å². The monoisotopic (exact) mass is 212 g/mol. The first-order chi connectivity index (χ1) is 6.91. The number of nitrogens with one attached hydrogen (secondary N) is 2. The molecule has 1 atom stereocenters. The molecule has 84 valence electrons. The molecule has 15 heavy (non-hydrogen) atoms. The Labute approximate surface area is 88.7 Å². The van der Waals surface area contributed by atoms with Gasteiger partial charge in [-0.1, -0.05) is 0 Å². The zero-order valence-corrected chi connectivity index (χ0v) is 9.42. The van der Waals surface area contributed by atoms with E-state index in [0.717, 1.165) is 0 Å². The quantitative estimate of drug-likeness (QED) is 0.581. The maximum Gasteiger partial charge on any atom is 0.254 e. The van der Waals surface area contributed by atoms with E-state index in [9.17, 15) is 9.59 Å². The van der Waals surface area contributed by atoms with Gasteiger partial charge in [0.25, 0.3) is 5.91 Å². The number of carbonyl (C=O) groups excluding carboxylic acids is 2.